The molecule has 1 aliphatic rings. The molecule has 3 aromatic heterocycles. The maximum atomic E-state index is 13.3. The molecule has 31 heavy (non-hydrogen) atoms. The average molecular weight is 433 g/mol. The summed E-state index contributed by atoms with van der Waals surface area (Å²) in [5.74, 6) is 0.818. The number of halogens is 1. The van der Waals surface area contributed by atoms with Gasteiger partial charge in [0.15, 0.2) is 5.52 Å². The molecule has 2 amide bonds. The summed E-state index contributed by atoms with van der Waals surface area (Å²) in [7, 11) is 0. The maximum absolute atomic E-state index is 13.3. The number of carbonyl (C=O) groups is 1. The summed E-state index contributed by atoms with van der Waals surface area (Å²) in [6.45, 7) is 1.34. The number of nitrogens with one attached hydrogen (secondary N) is 1. The summed E-state index contributed by atoms with van der Waals surface area (Å²) in [6.07, 6.45) is 3.92. The number of nitrogens with zero attached hydrogens (tertiary/aromatic N) is 5. The highest BCUT2D eigenvalue weighted by molar-refractivity contribution is 6.30. The second-order valence-electron chi connectivity index (χ2n) is 7.07. The molecular formula is C22H17ClN6O2. The maximum Gasteiger partial charge on any atom is 0.321 e. The highest BCUT2D eigenvalue weighted by Crippen LogP contribution is 2.25. The molecule has 0 saturated carbocycles. The van der Waals surface area contributed by atoms with Gasteiger partial charge in [-0.3, -0.25) is 9.69 Å². The second-order valence-corrected chi connectivity index (χ2v) is 7.50. The number of hydrogen-bond acceptors (Lipinski definition) is 5. The number of rotatable bonds is 3. The average Bonchev–Trinajstić information content (AvgIpc) is 2.80. The van der Waals surface area contributed by atoms with Crippen molar-refractivity contribution < 1.29 is 4.79 Å². The van der Waals surface area contributed by atoms with E-state index < -0.39 is 0 Å². The van der Waals surface area contributed by atoms with Crippen LogP contribution in [0.1, 0.15) is 6.42 Å². The van der Waals surface area contributed by atoms with Crippen LogP contribution in [-0.4, -0.2) is 38.6 Å². The number of urea groups is 1. The zero-order valence-corrected chi connectivity index (χ0v) is 17.1. The summed E-state index contributed by atoms with van der Waals surface area (Å²) in [4.78, 5) is 40.3. The van der Waals surface area contributed by atoms with E-state index in [0.717, 1.165) is 12.1 Å². The fourth-order valence-electron chi connectivity index (χ4n) is 3.59. The van der Waals surface area contributed by atoms with E-state index in [1.54, 1.807) is 35.4 Å². The molecule has 8 nitrogen and oxygen atoms in total. The summed E-state index contributed by atoms with van der Waals surface area (Å²) >= 11 is 5.98. The first-order valence-corrected chi connectivity index (χ1v) is 10.1. The second kappa shape index (κ2) is 7.81. The Balaban J connectivity index is 1.67. The van der Waals surface area contributed by atoms with Crippen LogP contribution < -0.4 is 15.8 Å². The summed E-state index contributed by atoms with van der Waals surface area (Å²) in [5, 5.41) is 3.31. The lowest BCUT2D eigenvalue weighted by atomic mass is 10.1. The topological polar surface area (TPSA) is 93.0 Å². The molecule has 154 valence electrons. The first-order valence-electron chi connectivity index (χ1n) is 9.77. The fourth-order valence-corrected chi connectivity index (χ4v) is 3.70. The molecule has 0 atom stereocenters. The lowest BCUT2D eigenvalue weighted by molar-refractivity contribution is 0.243. The molecule has 0 unspecified atom stereocenters. The summed E-state index contributed by atoms with van der Waals surface area (Å²) < 4.78 is 1.42. The van der Waals surface area contributed by atoms with Crippen LogP contribution in [0.25, 0.3) is 28.2 Å². The molecule has 1 aliphatic heterocycles. The number of benzene rings is 1. The van der Waals surface area contributed by atoms with Gasteiger partial charge in [-0.15, -0.1) is 0 Å². The van der Waals surface area contributed by atoms with Crippen LogP contribution in [0.4, 0.5) is 10.5 Å². The van der Waals surface area contributed by atoms with E-state index in [2.05, 4.69) is 15.3 Å². The van der Waals surface area contributed by atoms with Gasteiger partial charge in [0, 0.05) is 36.7 Å². The zero-order chi connectivity index (χ0) is 21.4. The number of fused-ring (bicyclic) bond motifs is 1. The van der Waals surface area contributed by atoms with Crippen LogP contribution in [0.5, 0.6) is 0 Å². The van der Waals surface area contributed by atoms with Crippen LogP contribution in [0.2, 0.25) is 5.02 Å². The zero-order valence-electron chi connectivity index (χ0n) is 16.3. The SMILES string of the molecule is O=C1NCCCN1c1ccc(-c2nc3cccnc3c(=O)n2-c2ccc(Cl)cn2)cc1. The van der Waals surface area contributed by atoms with Gasteiger partial charge in [-0.2, -0.15) is 0 Å². The van der Waals surface area contributed by atoms with Crippen LogP contribution in [-0.2, 0) is 0 Å². The monoisotopic (exact) mass is 432 g/mol. The molecule has 4 heterocycles. The molecule has 9 heteroatoms. The first kappa shape index (κ1) is 19.2. The third-order valence-electron chi connectivity index (χ3n) is 5.09. The molecule has 1 saturated heterocycles. The van der Waals surface area contributed by atoms with Crippen molar-refractivity contribution in [2.24, 2.45) is 0 Å². The smallest absolute Gasteiger partial charge is 0.321 e. The number of pyridine rings is 2. The van der Waals surface area contributed by atoms with Crippen molar-refractivity contribution in [3.63, 3.8) is 0 Å². The fraction of sp³-hybridized carbons (Fsp3) is 0.136. The lowest BCUT2D eigenvalue weighted by Crippen LogP contribution is -2.46. The standard InChI is InChI=1S/C22H17ClN6O2/c23-15-6-9-18(26-13-15)29-20(27-17-3-1-10-24-19(17)21(29)30)14-4-7-16(8-5-14)28-12-2-11-25-22(28)31/h1,3-10,13H,2,11-12H2,(H,25,31). The number of anilines is 1. The highest BCUT2D eigenvalue weighted by atomic mass is 35.5. The normalized spacial score (nSPS) is 14.0. The minimum absolute atomic E-state index is 0.115. The Kier molecular flexibility index (Phi) is 4.83. The Hall–Kier alpha value is -3.78. The van der Waals surface area contributed by atoms with Crippen molar-refractivity contribution in [2.75, 3.05) is 18.0 Å². The van der Waals surface area contributed by atoms with E-state index in [0.29, 0.717) is 40.8 Å². The highest BCUT2D eigenvalue weighted by Gasteiger charge is 2.20. The Morgan fingerprint density at radius 3 is 2.58 bits per heavy atom. The third kappa shape index (κ3) is 3.51. The van der Waals surface area contributed by atoms with Crippen molar-refractivity contribution >= 4 is 34.4 Å². The quantitative estimate of drug-likeness (QED) is 0.535. The molecule has 0 bridgehead atoms. The number of carbonyl (C=O) groups excluding carboxylic acids is 1. The molecule has 0 aliphatic carbocycles. The van der Waals surface area contributed by atoms with E-state index >= 15 is 0 Å². The number of amides is 2. The Morgan fingerprint density at radius 1 is 1.00 bits per heavy atom. The Bertz CT molecular complexity index is 1340. The van der Waals surface area contributed by atoms with E-state index in [1.807, 2.05) is 24.3 Å². The van der Waals surface area contributed by atoms with Gasteiger partial charge in [0.05, 0.1) is 10.5 Å². The van der Waals surface area contributed by atoms with E-state index in [-0.39, 0.29) is 17.1 Å². The van der Waals surface area contributed by atoms with Crippen molar-refractivity contribution in [1.82, 2.24) is 24.8 Å². The molecule has 1 aromatic carbocycles. The first-order chi connectivity index (χ1) is 15.1. The summed E-state index contributed by atoms with van der Waals surface area (Å²) in [6, 6.07) is 14.1. The molecule has 5 rings (SSSR count). The minimum Gasteiger partial charge on any atom is -0.338 e. The Morgan fingerprint density at radius 2 is 1.84 bits per heavy atom. The van der Waals surface area contributed by atoms with Gasteiger partial charge in [-0.1, -0.05) is 11.6 Å². The van der Waals surface area contributed by atoms with Crippen molar-refractivity contribution in [3.05, 3.63) is 76.3 Å². The van der Waals surface area contributed by atoms with Crippen LogP contribution in [0, 0.1) is 0 Å². The van der Waals surface area contributed by atoms with Gasteiger partial charge < -0.3 is 5.32 Å². The Labute approximate surface area is 182 Å². The number of hydrogen-bond donors (Lipinski definition) is 1. The van der Waals surface area contributed by atoms with Crippen molar-refractivity contribution in [3.8, 4) is 17.2 Å². The largest absolute Gasteiger partial charge is 0.338 e. The molecule has 1 N–H and O–H groups in total. The molecule has 0 spiro atoms. The lowest BCUT2D eigenvalue weighted by Gasteiger charge is -2.27. The molecular weight excluding hydrogens is 416 g/mol. The molecule has 4 aromatic rings. The van der Waals surface area contributed by atoms with Crippen molar-refractivity contribution in [2.45, 2.75) is 6.42 Å². The van der Waals surface area contributed by atoms with Gasteiger partial charge in [0.25, 0.3) is 5.56 Å². The summed E-state index contributed by atoms with van der Waals surface area (Å²) in [5.41, 5.74) is 1.91. The van der Waals surface area contributed by atoms with Crippen LogP contribution in [0.15, 0.2) is 65.7 Å². The van der Waals surface area contributed by atoms with Gasteiger partial charge >= 0.3 is 6.03 Å². The minimum atomic E-state index is -0.324. The van der Waals surface area contributed by atoms with E-state index in [1.165, 1.54) is 10.8 Å². The van der Waals surface area contributed by atoms with E-state index in [9.17, 15) is 9.59 Å². The van der Waals surface area contributed by atoms with Gasteiger partial charge in [0.1, 0.15) is 11.6 Å². The molecule has 1 fully saturated rings. The predicted octanol–water partition coefficient (Wildman–Crippen LogP) is 3.42. The molecule has 0 radical (unpaired) electrons. The third-order valence-corrected chi connectivity index (χ3v) is 5.31. The van der Waals surface area contributed by atoms with Crippen LogP contribution in [0.3, 0.4) is 0 Å². The van der Waals surface area contributed by atoms with Gasteiger partial charge in [-0.05, 0) is 55.0 Å². The van der Waals surface area contributed by atoms with E-state index in [4.69, 9.17) is 16.6 Å². The van der Waals surface area contributed by atoms with Crippen molar-refractivity contribution in [1.29, 1.82) is 0 Å². The number of aromatic nitrogens is 4. The van der Waals surface area contributed by atoms with Gasteiger partial charge in [-0.25, -0.2) is 24.3 Å². The van der Waals surface area contributed by atoms with Crippen LogP contribution >= 0.6 is 11.6 Å². The predicted molar refractivity (Wildman–Crippen MR) is 119 cm³/mol. The van der Waals surface area contributed by atoms with Gasteiger partial charge in [0.2, 0.25) is 0 Å².